The van der Waals surface area contributed by atoms with Crippen molar-refractivity contribution in [1.82, 2.24) is 4.90 Å². The molecule has 3 rings (SSSR count). The van der Waals surface area contributed by atoms with Crippen LogP contribution in [-0.2, 0) is 0 Å². The first-order chi connectivity index (χ1) is 12.5. The van der Waals surface area contributed by atoms with Gasteiger partial charge in [0.05, 0.1) is 11.4 Å². The Labute approximate surface area is 162 Å². The lowest BCUT2D eigenvalue weighted by Gasteiger charge is -2.19. The number of carbonyl (C=O) groups is 1. The fourth-order valence-electron chi connectivity index (χ4n) is 3.39. The minimum absolute atomic E-state index is 0. The topological polar surface area (TPSA) is 70.4 Å². The molecule has 1 aliphatic rings. The maximum Gasteiger partial charge on any atom is 0.255 e. The summed E-state index contributed by atoms with van der Waals surface area (Å²) < 4.78 is 0. The number of nitrogen functional groups attached to an aromatic ring is 1. The van der Waals surface area contributed by atoms with Crippen LogP contribution in [0, 0.1) is 5.92 Å². The summed E-state index contributed by atoms with van der Waals surface area (Å²) in [6.45, 7) is 7.89. The molecule has 0 bridgehead atoms. The number of anilines is 3. The smallest absolute Gasteiger partial charge is 0.255 e. The number of nitrogens with two attached hydrogens (primary N) is 1. The molecule has 2 aromatic rings. The number of nitrogens with zero attached hydrogens (tertiary/aromatic N) is 1. The third-order valence-electron chi connectivity index (χ3n) is 4.62. The van der Waals surface area contributed by atoms with Crippen molar-refractivity contribution in [3.63, 3.8) is 0 Å². The zero-order chi connectivity index (χ0) is 18.5. The second kappa shape index (κ2) is 9.42. The highest BCUT2D eigenvalue weighted by molar-refractivity contribution is 6.05. The van der Waals surface area contributed by atoms with Gasteiger partial charge in [-0.15, -0.1) is 0 Å². The fourth-order valence-corrected chi connectivity index (χ4v) is 3.39. The first kappa shape index (κ1) is 20.8. The molecule has 0 spiro atoms. The summed E-state index contributed by atoms with van der Waals surface area (Å²) in [5.41, 5.74) is 8.74. The Morgan fingerprint density at radius 2 is 1.89 bits per heavy atom. The minimum atomic E-state index is -0.154. The molecule has 0 saturated carbocycles. The summed E-state index contributed by atoms with van der Waals surface area (Å²) in [6, 6.07) is 15.4. The minimum Gasteiger partial charge on any atom is -0.397 e. The van der Waals surface area contributed by atoms with Crippen LogP contribution in [0.4, 0.5) is 17.1 Å². The molecule has 1 saturated heterocycles. The lowest BCUT2D eigenvalue weighted by Crippen LogP contribution is -2.29. The van der Waals surface area contributed by atoms with E-state index in [0.717, 1.165) is 31.7 Å². The van der Waals surface area contributed by atoms with Crippen molar-refractivity contribution >= 4 is 23.0 Å². The zero-order valence-corrected chi connectivity index (χ0v) is 15.5. The number of hydrogen-bond donors (Lipinski definition) is 3. The highest BCUT2D eigenvalue weighted by Gasteiger charge is 2.22. The highest BCUT2D eigenvalue weighted by atomic mass is 16.1. The number of nitrogens with one attached hydrogen (secondary N) is 2. The molecule has 1 atom stereocenters. The molecule has 1 amide bonds. The van der Waals surface area contributed by atoms with Crippen molar-refractivity contribution in [2.45, 2.75) is 33.7 Å². The summed E-state index contributed by atoms with van der Waals surface area (Å²) >= 11 is 0. The summed E-state index contributed by atoms with van der Waals surface area (Å²) in [5.74, 6) is 0.545. The average molecular weight is 369 g/mol. The van der Waals surface area contributed by atoms with Crippen LogP contribution in [0.15, 0.2) is 48.5 Å². The maximum atomic E-state index is 12.4. The monoisotopic (exact) mass is 368 g/mol. The number of carbonyl (C=O) groups excluding carboxylic acids is 1. The van der Waals surface area contributed by atoms with Crippen molar-refractivity contribution in [1.29, 1.82) is 0 Å². The van der Waals surface area contributed by atoms with Crippen LogP contribution in [0.25, 0.3) is 0 Å². The van der Waals surface area contributed by atoms with Crippen molar-refractivity contribution in [3.8, 4) is 0 Å². The van der Waals surface area contributed by atoms with Gasteiger partial charge in [-0.2, -0.15) is 0 Å². The molecule has 0 unspecified atom stereocenters. The van der Waals surface area contributed by atoms with Gasteiger partial charge in [-0.25, -0.2) is 0 Å². The summed E-state index contributed by atoms with van der Waals surface area (Å²) in [6.07, 6.45) is 1.16. The second-order valence-corrected chi connectivity index (χ2v) is 7.40. The van der Waals surface area contributed by atoms with Gasteiger partial charge >= 0.3 is 0 Å². The van der Waals surface area contributed by atoms with Gasteiger partial charge in [0.1, 0.15) is 0 Å². The SMILES string of the molecule is C.CC(C)CN1CC[C@@H](Nc2ccc(C(=O)Nc3ccccc3N)cc2)C1. The number of likely N-dealkylation sites (tertiary alicyclic amines) is 1. The predicted molar refractivity (Wildman–Crippen MR) is 115 cm³/mol. The van der Waals surface area contributed by atoms with Crippen LogP contribution >= 0.6 is 0 Å². The molecule has 1 heterocycles. The van der Waals surface area contributed by atoms with Crippen LogP contribution < -0.4 is 16.4 Å². The Morgan fingerprint density at radius 1 is 1.19 bits per heavy atom. The molecule has 4 N–H and O–H groups in total. The van der Waals surface area contributed by atoms with Crippen LogP contribution in [0.1, 0.15) is 38.1 Å². The Balaban J connectivity index is 0.00000261. The first-order valence-corrected chi connectivity index (χ1v) is 9.26. The quantitative estimate of drug-likeness (QED) is 0.665. The van der Waals surface area contributed by atoms with Gasteiger partial charge < -0.3 is 21.3 Å². The summed E-state index contributed by atoms with van der Waals surface area (Å²) in [4.78, 5) is 14.9. The zero-order valence-electron chi connectivity index (χ0n) is 15.5. The van der Waals surface area contributed by atoms with E-state index in [4.69, 9.17) is 5.73 Å². The number of benzene rings is 2. The van der Waals surface area contributed by atoms with E-state index in [1.165, 1.54) is 0 Å². The maximum absolute atomic E-state index is 12.4. The standard InChI is InChI=1S/C21H28N4O.CH4/c1-15(2)13-25-12-11-18(14-25)23-17-9-7-16(8-10-17)21(26)24-20-6-4-3-5-19(20)22;/h3-10,15,18,23H,11-14,22H2,1-2H3,(H,24,26);1H4/t18-;/m1./s1. The van der Waals surface area contributed by atoms with E-state index in [-0.39, 0.29) is 13.3 Å². The van der Waals surface area contributed by atoms with Crippen LogP contribution in [0.2, 0.25) is 0 Å². The Hall–Kier alpha value is -2.53. The van der Waals surface area contributed by atoms with Gasteiger partial charge in [0.15, 0.2) is 0 Å². The van der Waals surface area contributed by atoms with E-state index in [9.17, 15) is 4.79 Å². The normalized spacial score (nSPS) is 16.8. The molecule has 5 nitrogen and oxygen atoms in total. The molecule has 5 heteroatoms. The largest absolute Gasteiger partial charge is 0.397 e. The average Bonchev–Trinajstić information content (AvgIpc) is 3.03. The van der Waals surface area contributed by atoms with Gasteiger partial charge in [-0.1, -0.05) is 33.4 Å². The molecule has 1 fully saturated rings. The Kier molecular flexibility index (Phi) is 7.25. The van der Waals surface area contributed by atoms with Crippen molar-refractivity contribution in [3.05, 3.63) is 54.1 Å². The first-order valence-electron chi connectivity index (χ1n) is 9.26. The van der Waals surface area contributed by atoms with E-state index in [2.05, 4.69) is 29.4 Å². The van der Waals surface area contributed by atoms with Crippen LogP contribution in [0.5, 0.6) is 0 Å². The van der Waals surface area contributed by atoms with Crippen molar-refractivity contribution in [2.24, 2.45) is 5.92 Å². The van der Waals surface area contributed by atoms with E-state index in [1.807, 2.05) is 36.4 Å². The molecular weight excluding hydrogens is 336 g/mol. The van der Waals surface area contributed by atoms with Crippen LogP contribution in [0.3, 0.4) is 0 Å². The summed E-state index contributed by atoms with van der Waals surface area (Å²) in [5, 5.41) is 6.43. The number of rotatable bonds is 6. The van der Waals surface area contributed by atoms with Crippen molar-refractivity contribution in [2.75, 3.05) is 36.0 Å². The molecule has 0 radical (unpaired) electrons. The van der Waals surface area contributed by atoms with Gasteiger partial charge in [0.25, 0.3) is 5.91 Å². The molecule has 0 aliphatic carbocycles. The molecular formula is C22H32N4O. The lowest BCUT2D eigenvalue weighted by atomic mass is 10.1. The lowest BCUT2D eigenvalue weighted by molar-refractivity contribution is 0.102. The van der Waals surface area contributed by atoms with Crippen LogP contribution in [-0.4, -0.2) is 36.5 Å². The highest BCUT2D eigenvalue weighted by Crippen LogP contribution is 2.20. The number of hydrogen-bond acceptors (Lipinski definition) is 4. The Morgan fingerprint density at radius 3 is 2.56 bits per heavy atom. The third-order valence-corrected chi connectivity index (χ3v) is 4.62. The van der Waals surface area contributed by atoms with E-state index in [1.54, 1.807) is 12.1 Å². The van der Waals surface area contributed by atoms with Crippen molar-refractivity contribution < 1.29 is 4.79 Å². The predicted octanol–water partition coefficient (Wildman–Crippen LogP) is 4.30. The molecule has 146 valence electrons. The Bertz CT molecular complexity index is 742. The third kappa shape index (κ3) is 5.73. The summed E-state index contributed by atoms with van der Waals surface area (Å²) in [7, 11) is 0. The van der Waals surface area contributed by atoms with Gasteiger partial charge in [0.2, 0.25) is 0 Å². The van der Waals surface area contributed by atoms with E-state index in [0.29, 0.717) is 28.9 Å². The number of amides is 1. The van der Waals surface area contributed by atoms with E-state index < -0.39 is 0 Å². The molecule has 27 heavy (non-hydrogen) atoms. The van der Waals surface area contributed by atoms with E-state index >= 15 is 0 Å². The molecule has 0 aromatic heterocycles. The van der Waals surface area contributed by atoms with Gasteiger partial charge in [0, 0.05) is 36.9 Å². The number of para-hydroxylation sites is 2. The second-order valence-electron chi connectivity index (χ2n) is 7.40. The molecule has 1 aliphatic heterocycles. The van der Waals surface area contributed by atoms with Gasteiger partial charge in [-0.3, -0.25) is 4.79 Å². The molecule has 2 aromatic carbocycles. The fraction of sp³-hybridized carbons (Fsp3) is 0.409. The van der Waals surface area contributed by atoms with Gasteiger partial charge in [-0.05, 0) is 48.7 Å².